The number of hydrogen-bond donors (Lipinski definition) is 2. The van der Waals surface area contributed by atoms with Crippen LogP contribution < -0.4 is 5.32 Å². The minimum absolute atomic E-state index is 0.275. The fraction of sp³-hybridized carbons (Fsp3) is 0.467. The number of rotatable bonds is 1. The number of hydrogen-bond acceptors (Lipinski definition) is 3. The van der Waals surface area contributed by atoms with Crippen molar-refractivity contribution in [2.75, 3.05) is 13.1 Å². The van der Waals surface area contributed by atoms with Gasteiger partial charge in [0.15, 0.2) is 11.3 Å². The Labute approximate surface area is 107 Å². The van der Waals surface area contributed by atoms with Crippen molar-refractivity contribution in [1.82, 2.24) is 5.32 Å². The second kappa shape index (κ2) is 4.32. The molecule has 0 amide bonds. The Kier molecular flexibility index (Phi) is 2.78. The van der Waals surface area contributed by atoms with Crippen molar-refractivity contribution in [1.29, 1.82) is 0 Å². The van der Waals surface area contributed by atoms with Crippen LogP contribution in [0.3, 0.4) is 0 Å². The molecule has 1 fully saturated rings. The van der Waals surface area contributed by atoms with Gasteiger partial charge < -0.3 is 14.8 Å². The number of piperidine rings is 1. The molecule has 18 heavy (non-hydrogen) atoms. The van der Waals surface area contributed by atoms with E-state index in [1.54, 1.807) is 0 Å². The summed E-state index contributed by atoms with van der Waals surface area (Å²) in [5, 5.41) is 14.5. The van der Waals surface area contributed by atoms with Crippen molar-refractivity contribution in [3.8, 4) is 5.75 Å². The molecular formula is C15H19NO2. The Morgan fingerprint density at radius 2 is 1.94 bits per heavy atom. The Morgan fingerprint density at radius 1 is 1.22 bits per heavy atom. The predicted octanol–water partition coefficient (Wildman–Crippen LogP) is 3.22. The molecule has 0 spiro atoms. The fourth-order valence-corrected chi connectivity index (χ4v) is 2.83. The van der Waals surface area contributed by atoms with Crippen LogP contribution in [0.4, 0.5) is 0 Å². The molecule has 2 N–H and O–H groups in total. The minimum Gasteiger partial charge on any atom is -0.504 e. The second-order valence-electron chi connectivity index (χ2n) is 5.22. The van der Waals surface area contributed by atoms with Gasteiger partial charge in [-0.3, -0.25) is 0 Å². The Morgan fingerprint density at radius 3 is 2.67 bits per heavy atom. The largest absolute Gasteiger partial charge is 0.504 e. The molecule has 1 saturated heterocycles. The molecule has 0 bridgehead atoms. The van der Waals surface area contributed by atoms with Crippen LogP contribution in [0, 0.1) is 13.8 Å². The standard InChI is InChI=1S/C15H19NO2/c1-9-10(2)18-15-13(9)7-12(8-14(15)17)11-3-5-16-6-4-11/h7-8,11,16-17H,3-6H2,1-2H3. The van der Waals surface area contributed by atoms with Crippen LogP contribution in [0.15, 0.2) is 16.5 Å². The van der Waals surface area contributed by atoms with E-state index in [4.69, 9.17) is 4.42 Å². The number of fused-ring (bicyclic) bond motifs is 1. The zero-order valence-electron chi connectivity index (χ0n) is 10.9. The quantitative estimate of drug-likeness (QED) is 0.810. The van der Waals surface area contributed by atoms with E-state index in [0.29, 0.717) is 11.5 Å². The van der Waals surface area contributed by atoms with Gasteiger partial charge in [-0.1, -0.05) is 0 Å². The van der Waals surface area contributed by atoms with Gasteiger partial charge in [-0.05, 0) is 69.0 Å². The van der Waals surface area contributed by atoms with Gasteiger partial charge in [0, 0.05) is 5.39 Å². The summed E-state index contributed by atoms with van der Waals surface area (Å²) < 4.78 is 5.61. The van der Waals surface area contributed by atoms with E-state index in [1.165, 1.54) is 5.56 Å². The molecular weight excluding hydrogens is 226 g/mol. The first-order valence-electron chi connectivity index (χ1n) is 6.60. The summed E-state index contributed by atoms with van der Waals surface area (Å²) in [4.78, 5) is 0. The van der Waals surface area contributed by atoms with Gasteiger partial charge >= 0.3 is 0 Å². The lowest BCUT2D eigenvalue weighted by Gasteiger charge is -2.23. The van der Waals surface area contributed by atoms with Gasteiger partial charge in [0.25, 0.3) is 0 Å². The van der Waals surface area contributed by atoms with Crippen molar-refractivity contribution >= 4 is 11.0 Å². The molecule has 1 aromatic heterocycles. The molecule has 1 aliphatic heterocycles. The molecule has 0 saturated carbocycles. The molecule has 0 unspecified atom stereocenters. The summed E-state index contributed by atoms with van der Waals surface area (Å²) in [6.07, 6.45) is 2.28. The van der Waals surface area contributed by atoms with Crippen molar-refractivity contribution in [2.24, 2.45) is 0 Å². The summed E-state index contributed by atoms with van der Waals surface area (Å²) in [5.41, 5.74) is 3.00. The predicted molar refractivity (Wildman–Crippen MR) is 72.2 cm³/mol. The van der Waals surface area contributed by atoms with E-state index in [2.05, 4.69) is 11.4 Å². The third kappa shape index (κ3) is 1.79. The number of benzene rings is 1. The molecule has 3 rings (SSSR count). The lowest BCUT2D eigenvalue weighted by molar-refractivity contribution is 0.447. The highest BCUT2D eigenvalue weighted by Gasteiger charge is 2.19. The number of furan rings is 1. The lowest BCUT2D eigenvalue weighted by Crippen LogP contribution is -2.26. The zero-order valence-corrected chi connectivity index (χ0v) is 10.9. The van der Waals surface area contributed by atoms with Gasteiger partial charge in [0.1, 0.15) is 5.76 Å². The summed E-state index contributed by atoms with van der Waals surface area (Å²) in [6.45, 7) is 6.12. The Bertz CT molecular complexity index is 580. The Hall–Kier alpha value is -1.48. The fourth-order valence-electron chi connectivity index (χ4n) is 2.83. The maximum atomic E-state index is 10.1. The molecule has 1 aromatic carbocycles. The highest BCUT2D eigenvalue weighted by molar-refractivity contribution is 5.87. The number of nitrogens with one attached hydrogen (secondary N) is 1. The van der Waals surface area contributed by atoms with Crippen LogP contribution in [0.1, 0.15) is 35.6 Å². The van der Waals surface area contributed by atoms with Crippen molar-refractivity contribution < 1.29 is 9.52 Å². The van der Waals surface area contributed by atoms with Crippen molar-refractivity contribution in [2.45, 2.75) is 32.6 Å². The Balaban J connectivity index is 2.10. The number of aryl methyl sites for hydroxylation is 2. The topological polar surface area (TPSA) is 45.4 Å². The van der Waals surface area contributed by atoms with Gasteiger partial charge in [-0.2, -0.15) is 0 Å². The average Bonchev–Trinajstić information content (AvgIpc) is 2.68. The van der Waals surface area contributed by atoms with E-state index < -0.39 is 0 Å². The molecule has 2 aromatic rings. The zero-order chi connectivity index (χ0) is 12.7. The first-order valence-corrected chi connectivity index (χ1v) is 6.60. The SMILES string of the molecule is Cc1oc2c(O)cc(C3CCNCC3)cc2c1C. The number of aromatic hydroxyl groups is 1. The highest BCUT2D eigenvalue weighted by atomic mass is 16.4. The normalized spacial score (nSPS) is 17.4. The van der Waals surface area contributed by atoms with Crippen LogP contribution in [-0.4, -0.2) is 18.2 Å². The van der Waals surface area contributed by atoms with Crippen LogP contribution >= 0.6 is 0 Å². The third-order valence-corrected chi connectivity index (χ3v) is 4.09. The van der Waals surface area contributed by atoms with E-state index in [1.807, 2.05) is 19.9 Å². The maximum Gasteiger partial charge on any atom is 0.176 e. The number of phenols is 1. The van der Waals surface area contributed by atoms with Crippen molar-refractivity contribution in [3.05, 3.63) is 29.0 Å². The molecule has 3 heteroatoms. The van der Waals surface area contributed by atoms with E-state index in [-0.39, 0.29) is 5.75 Å². The van der Waals surface area contributed by atoms with E-state index in [0.717, 1.165) is 42.6 Å². The van der Waals surface area contributed by atoms with Crippen LogP contribution in [0.2, 0.25) is 0 Å². The molecule has 96 valence electrons. The average molecular weight is 245 g/mol. The molecule has 0 radical (unpaired) electrons. The van der Waals surface area contributed by atoms with Gasteiger partial charge in [0.2, 0.25) is 0 Å². The first-order chi connectivity index (χ1) is 8.66. The van der Waals surface area contributed by atoms with Gasteiger partial charge in [-0.15, -0.1) is 0 Å². The van der Waals surface area contributed by atoms with Gasteiger partial charge in [0.05, 0.1) is 0 Å². The monoisotopic (exact) mass is 245 g/mol. The van der Waals surface area contributed by atoms with Crippen LogP contribution in [0.25, 0.3) is 11.0 Å². The lowest BCUT2D eigenvalue weighted by atomic mass is 9.89. The molecule has 3 nitrogen and oxygen atoms in total. The van der Waals surface area contributed by atoms with E-state index in [9.17, 15) is 5.11 Å². The summed E-state index contributed by atoms with van der Waals surface area (Å²) >= 11 is 0. The smallest absolute Gasteiger partial charge is 0.176 e. The van der Waals surface area contributed by atoms with E-state index >= 15 is 0 Å². The summed E-state index contributed by atoms with van der Waals surface area (Å²) in [7, 11) is 0. The number of phenolic OH excluding ortho intramolecular Hbond substituents is 1. The molecule has 1 aliphatic rings. The molecule has 2 heterocycles. The first kappa shape index (κ1) is 11.6. The highest BCUT2D eigenvalue weighted by Crippen LogP contribution is 2.36. The molecule has 0 atom stereocenters. The van der Waals surface area contributed by atoms with Crippen molar-refractivity contribution in [3.63, 3.8) is 0 Å². The van der Waals surface area contributed by atoms with Crippen LogP contribution in [0.5, 0.6) is 5.75 Å². The molecule has 0 aliphatic carbocycles. The summed E-state index contributed by atoms with van der Waals surface area (Å²) in [6, 6.07) is 4.07. The van der Waals surface area contributed by atoms with Crippen LogP contribution in [-0.2, 0) is 0 Å². The van der Waals surface area contributed by atoms with Gasteiger partial charge in [-0.25, -0.2) is 0 Å². The summed E-state index contributed by atoms with van der Waals surface area (Å²) in [5.74, 6) is 1.72. The maximum absolute atomic E-state index is 10.1. The minimum atomic E-state index is 0.275. The second-order valence-corrected chi connectivity index (χ2v) is 5.22. The third-order valence-electron chi connectivity index (χ3n) is 4.09.